The van der Waals surface area contributed by atoms with Gasteiger partial charge in [0.1, 0.15) is 5.82 Å². The van der Waals surface area contributed by atoms with E-state index >= 15 is 0 Å². The molecule has 2 rings (SSSR count). The number of nitrogen functional groups attached to an aromatic ring is 1. The van der Waals surface area contributed by atoms with Gasteiger partial charge in [0.05, 0.1) is 12.8 Å². The number of halogens is 2. The number of benzene rings is 1. The third kappa shape index (κ3) is 3.14. The van der Waals surface area contributed by atoms with E-state index in [0.29, 0.717) is 16.7 Å². The lowest BCUT2D eigenvalue weighted by Crippen LogP contribution is -2.02. The second-order valence-electron chi connectivity index (χ2n) is 3.40. The molecule has 0 saturated heterocycles. The number of nitrogens with one attached hydrogen (secondary N) is 1. The van der Waals surface area contributed by atoms with E-state index in [-0.39, 0.29) is 5.95 Å². The van der Waals surface area contributed by atoms with Gasteiger partial charge in [-0.15, -0.1) is 0 Å². The van der Waals surface area contributed by atoms with Crippen molar-refractivity contribution in [2.45, 2.75) is 0 Å². The van der Waals surface area contributed by atoms with Crippen molar-refractivity contribution in [3.05, 3.63) is 32.9 Å². The van der Waals surface area contributed by atoms with Crippen molar-refractivity contribution in [1.29, 1.82) is 0 Å². The molecule has 0 unspecified atom stereocenters. The van der Waals surface area contributed by atoms with Crippen LogP contribution in [0.5, 0.6) is 5.88 Å². The van der Waals surface area contributed by atoms with E-state index in [1.165, 1.54) is 7.11 Å². The van der Waals surface area contributed by atoms with Crippen molar-refractivity contribution in [2.24, 2.45) is 0 Å². The molecule has 0 bridgehead atoms. The van der Waals surface area contributed by atoms with Crippen LogP contribution in [-0.2, 0) is 0 Å². The van der Waals surface area contributed by atoms with Gasteiger partial charge in [0.2, 0.25) is 11.8 Å². The van der Waals surface area contributed by atoms with Crippen molar-refractivity contribution in [3.8, 4) is 5.88 Å². The smallest absolute Gasteiger partial charge is 0.225 e. The topological polar surface area (TPSA) is 73.1 Å². The summed E-state index contributed by atoms with van der Waals surface area (Å²) in [7, 11) is 1.53. The summed E-state index contributed by atoms with van der Waals surface area (Å²) in [6.07, 6.45) is 0. The fraction of sp³-hybridized carbons (Fsp3) is 0.0909. The molecule has 0 atom stereocenters. The van der Waals surface area contributed by atoms with Gasteiger partial charge in [-0.05, 0) is 40.8 Å². The number of aromatic nitrogens is 2. The minimum Gasteiger partial charge on any atom is -0.481 e. The summed E-state index contributed by atoms with van der Waals surface area (Å²) < 4.78 is 6.01. The monoisotopic (exact) mass is 376 g/mol. The Hall–Kier alpha value is -1.28. The van der Waals surface area contributed by atoms with E-state index in [2.05, 4.69) is 37.9 Å². The maximum Gasteiger partial charge on any atom is 0.225 e. The Morgan fingerprint density at radius 3 is 2.78 bits per heavy atom. The van der Waals surface area contributed by atoms with E-state index in [9.17, 15) is 0 Å². The lowest BCUT2D eigenvalue weighted by molar-refractivity contribution is 0.398. The van der Waals surface area contributed by atoms with Crippen LogP contribution in [0.1, 0.15) is 0 Å². The first-order valence-corrected chi connectivity index (χ1v) is 6.45. The van der Waals surface area contributed by atoms with E-state index in [4.69, 9.17) is 22.1 Å². The number of nitrogens with zero attached hydrogens (tertiary/aromatic N) is 2. The molecule has 5 nitrogen and oxygen atoms in total. The number of rotatable bonds is 3. The van der Waals surface area contributed by atoms with E-state index in [0.717, 1.165) is 9.26 Å². The summed E-state index contributed by atoms with van der Waals surface area (Å²) in [6.45, 7) is 0. The third-order valence-corrected chi connectivity index (χ3v) is 3.25. The first kappa shape index (κ1) is 13.2. The Balaban J connectivity index is 2.30. The van der Waals surface area contributed by atoms with Gasteiger partial charge in [-0.25, -0.2) is 0 Å². The summed E-state index contributed by atoms with van der Waals surface area (Å²) in [5.41, 5.74) is 6.47. The lowest BCUT2D eigenvalue weighted by Gasteiger charge is -2.09. The van der Waals surface area contributed by atoms with Gasteiger partial charge < -0.3 is 15.8 Å². The van der Waals surface area contributed by atoms with Crippen LogP contribution in [0.4, 0.5) is 17.5 Å². The highest BCUT2D eigenvalue weighted by molar-refractivity contribution is 14.1. The molecule has 1 aromatic heterocycles. The standard InChI is InChI=1S/C11H10ClIN4O/c1-18-10-5-9(16-11(14)17-10)15-8-3-2-6(12)4-7(8)13/h2-5H,1H3,(H3,14,15,16,17). The summed E-state index contributed by atoms with van der Waals surface area (Å²) in [4.78, 5) is 7.99. The van der Waals surface area contributed by atoms with E-state index < -0.39 is 0 Å². The predicted molar refractivity (Wildman–Crippen MR) is 80.4 cm³/mol. The van der Waals surface area contributed by atoms with Crippen LogP contribution in [-0.4, -0.2) is 17.1 Å². The van der Waals surface area contributed by atoms with E-state index in [1.807, 2.05) is 12.1 Å². The van der Waals surface area contributed by atoms with Crippen molar-refractivity contribution in [1.82, 2.24) is 9.97 Å². The third-order valence-electron chi connectivity index (χ3n) is 2.12. The average Bonchev–Trinajstić information content (AvgIpc) is 2.32. The van der Waals surface area contributed by atoms with Gasteiger partial charge in [0.25, 0.3) is 0 Å². The Labute approximate surface area is 123 Å². The predicted octanol–water partition coefficient (Wildman–Crippen LogP) is 3.07. The minimum atomic E-state index is 0.154. The zero-order chi connectivity index (χ0) is 13.1. The number of nitrogens with two attached hydrogens (primary N) is 1. The number of methoxy groups -OCH3 is 1. The quantitative estimate of drug-likeness (QED) is 0.806. The first-order valence-electron chi connectivity index (χ1n) is 4.99. The van der Waals surface area contributed by atoms with Gasteiger partial charge in [0.15, 0.2) is 0 Å². The molecular weight excluding hydrogens is 367 g/mol. The fourth-order valence-electron chi connectivity index (χ4n) is 1.34. The molecule has 7 heteroatoms. The summed E-state index contributed by atoms with van der Waals surface area (Å²) in [5.74, 6) is 1.13. The molecule has 0 spiro atoms. The Bertz CT molecular complexity index is 579. The Morgan fingerprint density at radius 1 is 1.33 bits per heavy atom. The van der Waals surface area contributed by atoms with Crippen LogP contribution in [0.2, 0.25) is 5.02 Å². The zero-order valence-electron chi connectivity index (χ0n) is 9.45. The molecule has 0 amide bonds. The maximum absolute atomic E-state index is 5.89. The summed E-state index contributed by atoms with van der Waals surface area (Å²) in [5, 5.41) is 3.82. The number of hydrogen-bond acceptors (Lipinski definition) is 5. The van der Waals surface area contributed by atoms with Crippen molar-refractivity contribution in [3.63, 3.8) is 0 Å². The lowest BCUT2D eigenvalue weighted by atomic mass is 10.3. The average molecular weight is 377 g/mol. The largest absolute Gasteiger partial charge is 0.481 e. The van der Waals surface area contributed by atoms with Crippen LogP contribution in [0.25, 0.3) is 0 Å². The summed E-state index contributed by atoms with van der Waals surface area (Å²) in [6, 6.07) is 7.19. The van der Waals surface area contributed by atoms with Crippen LogP contribution >= 0.6 is 34.2 Å². The molecule has 1 aromatic carbocycles. The molecule has 0 aliphatic rings. The van der Waals surface area contributed by atoms with Crippen molar-refractivity contribution < 1.29 is 4.74 Å². The molecule has 0 fully saturated rings. The zero-order valence-corrected chi connectivity index (χ0v) is 12.4. The van der Waals surface area contributed by atoms with Crippen molar-refractivity contribution in [2.75, 3.05) is 18.2 Å². The molecule has 0 radical (unpaired) electrons. The van der Waals surface area contributed by atoms with Gasteiger partial charge in [0, 0.05) is 14.7 Å². The molecule has 94 valence electrons. The molecular formula is C11H10ClIN4O. The molecule has 1 heterocycles. The highest BCUT2D eigenvalue weighted by Crippen LogP contribution is 2.26. The van der Waals surface area contributed by atoms with Gasteiger partial charge in [-0.1, -0.05) is 11.6 Å². The van der Waals surface area contributed by atoms with Crippen LogP contribution in [0, 0.1) is 3.57 Å². The minimum absolute atomic E-state index is 0.154. The van der Waals surface area contributed by atoms with E-state index in [1.54, 1.807) is 12.1 Å². The highest BCUT2D eigenvalue weighted by Gasteiger charge is 2.05. The molecule has 2 aromatic rings. The van der Waals surface area contributed by atoms with Gasteiger partial charge >= 0.3 is 0 Å². The molecule has 3 N–H and O–H groups in total. The van der Waals surface area contributed by atoms with Crippen LogP contribution in [0.3, 0.4) is 0 Å². The number of ether oxygens (including phenoxy) is 1. The molecule has 18 heavy (non-hydrogen) atoms. The second kappa shape index (κ2) is 5.57. The SMILES string of the molecule is COc1cc(Nc2ccc(Cl)cc2I)nc(N)n1. The Kier molecular flexibility index (Phi) is 4.07. The van der Waals surface area contributed by atoms with Gasteiger partial charge in [-0.2, -0.15) is 9.97 Å². The second-order valence-corrected chi connectivity index (χ2v) is 5.00. The highest BCUT2D eigenvalue weighted by atomic mass is 127. The first-order chi connectivity index (χ1) is 8.58. The maximum atomic E-state index is 5.89. The molecule has 0 saturated carbocycles. The number of hydrogen-bond donors (Lipinski definition) is 2. The Morgan fingerprint density at radius 2 is 2.11 bits per heavy atom. The van der Waals surface area contributed by atoms with Crippen LogP contribution in [0.15, 0.2) is 24.3 Å². The molecule has 0 aliphatic heterocycles. The fourth-order valence-corrected chi connectivity index (χ4v) is 2.35. The van der Waals surface area contributed by atoms with Crippen molar-refractivity contribution >= 4 is 51.6 Å². The number of anilines is 3. The molecule has 0 aliphatic carbocycles. The van der Waals surface area contributed by atoms with Crippen LogP contribution < -0.4 is 15.8 Å². The summed E-state index contributed by atoms with van der Waals surface area (Å²) >= 11 is 8.08. The normalized spacial score (nSPS) is 10.2. The van der Waals surface area contributed by atoms with Gasteiger partial charge in [-0.3, -0.25) is 0 Å².